The van der Waals surface area contributed by atoms with Crippen molar-refractivity contribution in [1.29, 1.82) is 5.41 Å². The Morgan fingerprint density at radius 3 is 2.12 bits per heavy atom. The molecule has 4 rings (SSSR count). The fourth-order valence-electron chi connectivity index (χ4n) is 7.09. The molecule has 0 aromatic heterocycles. The number of amides is 2. The van der Waals surface area contributed by atoms with Crippen LogP contribution in [0.3, 0.4) is 0 Å². The summed E-state index contributed by atoms with van der Waals surface area (Å²) >= 11 is 0. The highest BCUT2D eigenvalue weighted by Gasteiger charge is 2.48. The number of nitrogens with zero attached hydrogens (tertiary/aromatic N) is 1. The van der Waals surface area contributed by atoms with E-state index in [9.17, 15) is 18.4 Å². The number of halogens is 2. The van der Waals surface area contributed by atoms with Crippen LogP contribution in [0.25, 0.3) is 0 Å². The third kappa shape index (κ3) is 5.89. The number of carbonyl (C=O) groups is 2. The predicted molar refractivity (Wildman–Crippen MR) is 126 cm³/mol. The molecule has 7 nitrogen and oxygen atoms in total. The van der Waals surface area contributed by atoms with Crippen molar-refractivity contribution >= 4 is 17.6 Å². The fourth-order valence-corrected chi connectivity index (χ4v) is 7.09. The average molecular weight is 482 g/mol. The van der Waals surface area contributed by atoms with Crippen LogP contribution in [0.4, 0.5) is 8.78 Å². The van der Waals surface area contributed by atoms with Gasteiger partial charge in [0.1, 0.15) is 12.3 Å². The summed E-state index contributed by atoms with van der Waals surface area (Å²) in [5.74, 6) is 0.610. The fraction of sp³-hybridized carbons (Fsp3) is 0.880. The second-order valence-corrected chi connectivity index (χ2v) is 11.4. The Morgan fingerprint density at radius 1 is 0.853 bits per heavy atom. The largest absolute Gasteiger partial charge is 0.387 e. The van der Waals surface area contributed by atoms with Gasteiger partial charge in [0.25, 0.3) is 0 Å². The van der Waals surface area contributed by atoms with Crippen LogP contribution < -0.4 is 16.8 Å². The number of amidine groups is 1. The predicted octanol–water partition coefficient (Wildman–Crippen LogP) is 2.67. The number of nitrogens with two attached hydrogens (primary N) is 2. The van der Waals surface area contributed by atoms with E-state index in [0.29, 0.717) is 31.2 Å². The number of fused-ring (bicyclic) bond motifs is 1. The summed E-state index contributed by atoms with van der Waals surface area (Å²) < 4.78 is 27.6. The summed E-state index contributed by atoms with van der Waals surface area (Å²) in [5.41, 5.74) is 11.4. The maximum Gasteiger partial charge on any atom is 0.237 e. The van der Waals surface area contributed by atoms with Crippen LogP contribution in [0.2, 0.25) is 0 Å². The molecule has 1 aliphatic heterocycles. The van der Waals surface area contributed by atoms with Crippen LogP contribution in [0.15, 0.2) is 0 Å². The SMILES string of the molecule is N=C(N)C1CCC2CC(C(=O)NCC3CC(F)CC(F)C3)N(CC3CCC(C(N)=O)CC3)C2C1. The van der Waals surface area contributed by atoms with E-state index in [2.05, 4.69) is 10.2 Å². The molecule has 6 atom stereocenters. The molecule has 3 aliphatic carbocycles. The lowest BCUT2D eigenvalue weighted by atomic mass is 9.77. The van der Waals surface area contributed by atoms with Gasteiger partial charge in [0, 0.05) is 37.4 Å². The number of nitrogens with one attached hydrogen (secondary N) is 2. The highest BCUT2D eigenvalue weighted by molar-refractivity contribution is 5.82. The summed E-state index contributed by atoms with van der Waals surface area (Å²) in [6.45, 7) is 1.11. The van der Waals surface area contributed by atoms with Gasteiger partial charge in [0.2, 0.25) is 11.8 Å². The maximum atomic E-state index is 13.8. The van der Waals surface area contributed by atoms with Crippen LogP contribution >= 0.6 is 0 Å². The van der Waals surface area contributed by atoms with Gasteiger partial charge < -0.3 is 16.8 Å². The summed E-state index contributed by atoms with van der Waals surface area (Å²) in [6, 6.07) is -0.0482. The minimum Gasteiger partial charge on any atom is -0.387 e. The summed E-state index contributed by atoms with van der Waals surface area (Å²) in [6.07, 6.45) is 5.19. The van der Waals surface area contributed by atoms with Gasteiger partial charge in [0.15, 0.2) is 0 Å². The van der Waals surface area contributed by atoms with Gasteiger partial charge in [-0.1, -0.05) is 0 Å². The van der Waals surface area contributed by atoms with E-state index in [1.807, 2.05) is 0 Å². The minimum absolute atomic E-state index is 0.0283. The topological polar surface area (TPSA) is 125 Å². The number of rotatable bonds is 7. The second kappa shape index (κ2) is 10.9. The molecule has 3 saturated carbocycles. The molecule has 4 fully saturated rings. The van der Waals surface area contributed by atoms with Gasteiger partial charge in [-0.15, -0.1) is 0 Å². The first-order valence-corrected chi connectivity index (χ1v) is 13.2. The lowest BCUT2D eigenvalue weighted by Crippen LogP contribution is -2.50. The van der Waals surface area contributed by atoms with Crippen molar-refractivity contribution in [2.45, 2.75) is 95.1 Å². The third-order valence-electron chi connectivity index (χ3n) is 9.02. The van der Waals surface area contributed by atoms with E-state index in [-0.39, 0.29) is 53.9 Å². The summed E-state index contributed by atoms with van der Waals surface area (Å²) in [7, 11) is 0. The van der Waals surface area contributed by atoms with E-state index < -0.39 is 12.3 Å². The molecular weight excluding hydrogens is 440 g/mol. The van der Waals surface area contributed by atoms with Gasteiger partial charge in [-0.25, -0.2) is 8.78 Å². The maximum absolute atomic E-state index is 13.8. The molecular formula is C25H41F2N5O2. The first-order chi connectivity index (χ1) is 16.2. The Morgan fingerprint density at radius 2 is 1.50 bits per heavy atom. The van der Waals surface area contributed by atoms with Crippen LogP contribution in [0.5, 0.6) is 0 Å². The molecule has 0 aromatic rings. The average Bonchev–Trinajstić information content (AvgIpc) is 3.15. The monoisotopic (exact) mass is 481 g/mol. The second-order valence-electron chi connectivity index (χ2n) is 11.4. The Kier molecular flexibility index (Phi) is 8.10. The highest BCUT2D eigenvalue weighted by Crippen LogP contribution is 2.43. The number of hydrogen-bond acceptors (Lipinski definition) is 4. The Hall–Kier alpha value is -1.77. The van der Waals surface area contributed by atoms with Gasteiger partial charge in [-0.3, -0.25) is 19.9 Å². The van der Waals surface area contributed by atoms with Crippen molar-refractivity contribution in [2.75, 3.05) is 13.1 Å². The molecule has 4 aliphatic rings. The first kappa shape index (κ1) is 25.3. The van der Waals surface area contributed by atoms with E-state index >= 15 is 0 Å². The molecule has 9 heteroatoms. The summed E-state index contributed by atoms with van der Waals surface area (Å²) in [5, 5.41) is 11.0. The van der Waals surface area contributed by atoms with Crippen molar-refractivity contribution in [1.82, 2.24) is 10.2 Å². The normalized spacial score (nSPS) is 40.9. The van der Waals surface area contributed by atoms with E-state index in [1.165, 1.54) is 0 Å². The van der Waals surface area contributed by atoms with Crippen LogP contribution in [-0.4, -0.2) is 60.1 Å². The number of likely N-dealkylation sites (tertiary alicyclic amines) is 1. The number of carbonyl (C=O) groups excluding carboxylic acids is 2. The highest BCUT2D eigenvalue weighted by atomic mass is 19.1. The van der Waals surface area contributed by atoms with Gasteiger partial charge in [-0.05, 0) is 82.0 Å². The Labute approximate surface area is 201 Å². The van der Waals surface area contributed by atoms with Crippen LogP contribution in [-0.2, 0) is 9.59 Å². The smallest absolute Gasteiger partial charge is 0.237 e. The van der Waals surface area contributed by atoms with E-state index in [1.54, 1.807) is 0 Å². The van der Waals surface area contributed by atoms with Crippen molar-refractivity contribution < 1.29 is 18.4 Å². The third-order valence-corrected chi connectivity index (χ3v) is 9.02. The minimum atomic E-state index is -1.13. The van der Waals surface area contributed by atoms with Crippen molar-refractivity contribution in [3.63, 3.8) is 0 Å². The molecule has 192 valence electrons. The zero-order valence-electron chi connectivity index (χ0n) is 20.1. The van der Waals surface area contributed by atoms with Crippen molar-refractivity contribution in [3.05, 3.63) is 0 Å². The molecule has 1 saturated heterocycles. The molecule has 34 heavy (non-hydrogen) atoms. The molecule has 0 bridgehead atoms. The van der Waals surface area contributed by atoms with E-state index in [0.717, 1.165) is 57.9 Å². The molecule has 6 N–H and O–H groups in total. The number of hydrogen-bond donors (Lipinski definition) is 4. The number of primary amides is 1. The van der Waals surface area contributed by atoms with Gasteiger partial charge in [0.05, 0.1) is 11.9 Å². The molecule has 0 radical (unpaired) electrons. The zero-order valence-corrected chi connectivity index (χ0v) is 20.1. The van der Waals surface area contributed by atoms with Crippen LogP contribution in [0.1, 0.15) is 70.6 Å². The molecule has 2 amide bonds. The first-order valence-electron chi connectivity index (χ1n) is 13.2. The lowest BCUT2D eigenvalue weighted by Gasteiger charge is -2.39. The Balaban J connectivity index is 1.41. The zero-order chi connectivity index (χ0) is 24.4. The quantitative estimate of drug-likeness (QED) is 0.329. The van der Waals surface area contributed by atoms with Crippen molar-refractivity contribution in [2.24, 2.45) is 41.1 Å². The molecule has 0 aromatic carbocycles. The van der Waals surface area contributed by atoms with Gasteiger partial charge >= 0.3 is 0 Å². The standard InChI is InChI=1S/C25H41F2N5O2/c26-19-7-15(8-20(27)11-19)12-31-25(34)22-9-17-5-6-18(23(28)29)10-21(17)32(22)13-14-1-3-16(4-2-14)24(30)33/h14-22H,1-13H2,(H3,28,29)(H2,30,33)(H,31,34). The molecule has 1 heterocycles. The molecule has 0 spiro atoms. The van der Waals surface area contributed by atoms with Gasteiger partial charge in [-0.2, -0.15) is 0 Å². The molecule has 6 unspecified atom stereocenters. The lowest BCUT2D eigenvalue weighted by molar-refractivity contribution is -0.126. The van der Waals surface area contributed by atoms with E-state index in [4.69, 9.17) is 16.9 Å². The van der Waals surface area contributed by atoms with Crippen LogP contribution in [0, 0.1) is 35.0 Å². The van der Waals surface area contributed by atoms with Crippen molar-refractivity contribution in [3.8, 4) is 0 Å². The summed E-state index contributed by atoms with van der Waals surface area (Å²) in [4.78, 5) is 27.2. The Bertz CT molecular complexity index is 750. The number of alkyl halides is 2.